The summed E-state index contributed by atoms with van der Waals surface area (Å²) >= 11 is 11.3. The van der Waals surface area contributed by atoms with Gasteiger partial charge in [-0.1, -0.05) is 23.7 Å². The van der Waals surface area contributed by atoms with Crippen LogP contribution in [0.15, 0.2) is 48.5 Å². The van der Waals surface area contributed by atoms with Gasteiger partial charge in [-0.2, -0.15) is 0 Å². The lowest BCUT2D eigenvalue weighted by molar-refractivity contribution is 0.0735. The Kier molecular flexibility index (Phi) is 6.07. The fraction of sp³-hybridized carbons (Fsp3) is 0.188. The summed E-state index contributed by atoms with van der Waals surface area (Å²) in [6, 6.07) is 13.4. The highest BCUT2D eigenvalue weighted by Gasteiger charge is 2.14. The molecule has 2 aromatic rings. The Labute approximate surface area is 138 Å². The highest BCUT2D eigenvalue weighted by atomic mass is 35.5. The van der Waals surface area contributed by atoms with Gasteiger partial charge in [-0.05, 0) is 36.4 Å². The molecule has 2 aromatic carbocycles. The van der Waals surface area contributed by atoms with E-state index in [1.165, 1.54) is 0 Å². The number of anilines is 1. The lowest BCUT2D eigenvalue weighted by Crippen LogP contribution is -2.22. The zero-order chi connectivity index (χ0) is 15.9. The summed E-state index contributed by atoms with van der Waals surface area (Å²) in [5, 5.41) is 13.0. The van der Waals surface area contributed by atoms with E-state index < -0.39 is 12.1 Å². The Balaban J connectivity index is 2.10. The molecule has 2 N–H and O–H groups in total. The first-order chi connectivity index (χ1) is 10.6. The summed E-state index contributed by atoms with van der Waals surface area (Å²) in [6.07, 6.45) is -0.693. The Bertz CT molecular complexity index is 632. The van der Waals surface area contributed by atoms with Crippen molar-refractivity contribution in [2.24, 2.45) is 0 Å². The molecule has 0 bridgehead atoms. The number of hydrogen-bond acceptors (Lipinski definition) is 4. The minimum atomic E-state index is -0.693. The van der Waals surface area contributed by atoms with Crippen LogP contribution in [0.25, 0.3) is 0 Å². The molecule has 22 heavy (non-hydrogen) atoms. The smallest absolute Gasteiger partial charge is 0.345 e. The molecule has 6 heteroatoms. The predicted octanol–water partition coefficient (Wildman–Crippen LogP) is 3.57. The monoisotopic (exact) mass is 339 g/mol. The number of esters is 1. The Morgan fingerprint density at radius 1 is 1.18 bits per heavy atom. The maximum absolute atomic E-state index is 12.3. The van der Waals surface area contributed by atoms with E-state index in [0.29, 0.717) is 22.0 Å². The van der Waals surface area contributed by atoms with Crippen LogP contribution in [0.5, 0.6) is 5.75 Å². The van der Waals surface area contributed by atoms with Gasteiger partial charge < -0.3 is 15.2 Å². The van der Waals surface area contributed by atoms with Gasteiger partial charge >= 0.3 is 5.97 Å². The molecule has 0 saturated carbocycles. The molecule has 116 valence electrons. The van der Waals surface area contributed by atoms with Gasteiger partial charge in [0.1, 0.15) is 5.75 Å². The van der Waals surface area contributed by atoms with E-state index in [-0.39, 0.29) is 12.4 Å². The van der Waals surface area contributed by atoms with Crippen LogP contribution in [0.4, 0.5) is 5.69 Å². The van der Waals surface area contributed by atoms with Crippen molar-refractivity contribution in [2.45, 2.75) is 6.10 Å². The molecule has 0 fully saturated rings. The molecule has 4 nitrogen and oxygen atoms in total. The Morgan fingerprint density at radius 2 is 1.86 bits per heavy atom. The zero-order valence-electron chi connectivity index (χ0n) is 11.6. The maximum Gasteiger partial charge on any atom is 0.345 e. The SMILES string of the molecule is O=C(Oc1ccc(Cl)cc1)c1ccccc1NCC(O)CCl. The first-order valence-corrected chi connectivity index (χ1v) is 7.56. The van der Waals surface area contributed by atoms with Crippen molar-refractivity contribution >= 4 is 34.9 Å². The van der Waals surface area contributed by atoms with Gasteiger partial charge in [-0.3, -0.25) is 0 Å². The third-order valence-electron chi connectivity index (χ3n) is 2.88. The number of carbonyl (C=O) groups is 1. The Morgan fingerprint density at radius 3 is 2.55 bits per heavy atom. The molecular weight excluding hydrogens is 325 g/mol. The van der Waals surface area contributed by atoms with E-state index in [0.717, 1.165) is 0 Å². The molecule has 0 aliphatic carbocycles. The van der Waals surface area contributed by atoms with Gasteiger partial charge in [0.25, 0.3) is 0 Å². The number of rotatable bonds is 6. The highest BCUT2D eigenvalue weighted by molar-refractivity contribution is 6.30. The van der Waals surface area contributed by atoms with E-state index in [1.54, 1.807) is 48.5 Å². The van der Waals surface area contributed by atoms with Gasteiger partial charge in [-0.15, -0.1) is 11.6 Å². The molecule has 0 aliphatic heterocycles. The summed E-state index contributed by atoms with van der Waals surface area (Å²) in [5.41, 5.74) is 0.949. The second-order valence-corrected chi connectivity index (χ2v) is 5.32. The zero-order valence-corrected chi connectivity index (χ0v) is 13.1. The van der Waals surface area contributed by atoms with Gasteiger partial charge in [0.15, 0.2) is 0 Å². The van der Waals surface area contributed by atoms with Crippen LogP contribution in [-0.2, 0) is 0 Å². The number of ether oxygens (including phenoxy) is 1. The van der Waals surface area contributed by atoms with Gasteiger partial charge in [-0.25, -0.2) is 4.79 Å². The molecule has 0 aromatic heterocycles. The molecule has 0 aliphatic rings. The average molecular weight is 340 g/mol. The van der Waals surface area contributed by atoms with Gasteiger partial charge in [0, 0.05) is 17.3 Å². The van der Waals surface area contributed by atoms with Crippen molar-refractivity contribution in [3.63, 3.8) is 0 Å². The lowest BCUT2D eigenvalue weighted by Gasteiger charge is -2.13. The normalized spacial score (nSPS) is 11.8. The molecule has 0 amide bonds. The van der Waals surface area contributed by atoms with Crippen molar-refractivity contribution in [3.8, 4) is 5.75 Å². The molecule has 0 radical (unpaired) electrons. The number of nitrogens with one attached hydrogen (secondary N) is 1. The standard InChI is InChI=1S/C16H15Cl2NO3/c17-9-12(20)10-19-15-4-2-1-3-14(15)16(21)22-13-7-5-11(18)6-8-13/h1-8,12,19-20H,9-10H2. The third-order valence-corrected chi connectivity index (χ3v) is 3.49. The summed E-state index contributed by atoms with van der Waals surface area (Å²) < 4.78 is 5.30. The Hall–Kier alpha value is -1.75. The van der Waals surface area contributed by atoms with Crippen molar-refractivity contribution in [1.82, 2.24) is 0 Å². The number of aliphatic hydroxyl groups is 1. The van der Waals surface area contributed by atoms with Crippen LogP contribution in [0.2, 0.25) is 5.02 Å². The van der Waals surface area contributed by atoms with E-state index in [2.05, 4.69) is 5.32 Å². The first kappa shape index (κ1) is 16.6. The van der Waals surface area contributed by atoms with Crippen molar-refractivity contribution in [3.05, 3.63) is 59.1 Å². The van der Waals surface area contributed by atoms with E-state index in [9.17, 15) is 9.90 Å². The third kappa shape index (κ3) is 4.63. The van der Waals surface area contributed by atoms with E-state index in [1.807, 2.05) is 0 Å². The predicted molar refractivity (Wildman–Crippen MR) is 88.1 cm³/mol. The quantitative estimate of drug-likeness (QED) is 0.480. The van der Waals surface area contributed by atoms with Crippen LogP contribution in [-0.4, -0.2) is 29.6 Å². The summed E-state index contributed by atoms with van der Waals surface area (Å²) in [6.45, 7) is 0.245. The largest absolute Gasteiger partial charge is 0.423 e. The number of carbonyl (C=O) groups excluding carboxylic acids is 1. The minimum absolute atomic E-state index is 0.115. The molecule has 2 rings (SSSR count). The van der Waals surface area contributed by atoms with Gasteiger partial charge in [0.05, 0.1) is 17.5 Å². The minimum Gasteiger partial charge on any atom is -0.423 e. The second-order valence-electron chi connectivity index (χ2n) is 4.58. The van der Waals surface area contributed by atoms with E-state index >= 15 is 0 Å². The number of aliphatic hydroxyl groups excluding tert-OH is 1. The van der Waals surface area contributed by atoms with Crippen LogP contribution in [0, 0.1) is 0 Å². The fourth-order valence-corrected chi connectivity index (χ4v) is 2.00. The number of para-hydroxylation sites is 1. The summed E-state index contributed by atoms with van der Waals surface area (Å²) in [5.74, 6) is 0.0282. The van der Waals surface area contributed by atoms with Crippen LogP contribution in [0.3, 0.4) is 0 Å². The molecule has 0 saturated heterocycles. The van der Waals surface area contributed by atoms with Gasteiger partial charge in [0.2, 0.25) is 0 Å². The lowest BCUT2D eigenvalue weighted by atomic mass is 10.1. The molecule has 1 atom stereocenters. The summed E-state index contributed by atoms with van der Waals surface area (Å²) in [7, 11) is 0. The van der Waals surface area contributed by atoms with E-state index in [4.69, 9.17) is 27.9 Å². The molecule has 0 heterocycles. The summed E-state index contributed by atoms with van der Waals surface area (Å²) in [4.78, 5) is 12.3. The average Bonchev–Trinajstić information content (AvgIpc) is 2.55. The second kappa shape index (κ2) is 8.03. The van der Waals surface area contributed by atoms with Crippen molar-refractivity contribution in [1.29, 1.82) is 0 Å². The maximum atomic E-state index is 12.3. The molecular formula is C16H15Cl2NO3. The number of halogens is 2. The fourth-order valence-electron chi connectivity index (χ4n) is 1.76. The first-order valence-electron chi connectivity index (χ1n) is 6.65. The topological polar surface area (TPSA) is 58.6 Å². The molecule has 0 spiro atoms. The number of benzene rings is 2. The van der Waals surface area contributed by atoms with Crippen molar-refractivity contribution < 1.29 is 14.6 Å². The van der Waals surface area contributed by atoms with Crippen molar-refractivity contribution in [2.75, 3.05) is 17.7 Å². The number of hydrogen-bond donors (Lipinski definition) is 2. The van der Waals surface area contributed by atoms with Crippen LogP contribution in [0.1, 0.15) is 10.4 Å². The number of alkyl halides is 1. The molecule has 1 unspecified atom stereocenters. The van der Waals surface area contributed by atoms with Crippen LogP contribution < -0.4 is 10.1 Å². The highest BCUT2D eigenvalue weighted by Crippen LogP contribution is 2.20. The van der Waals surface area contributed by atoms with Crippen LogP contribution >= 0.6 is 23.2 Å².